The summed E-state index contributed by atoms with van der Waals surface area (Å²) in [6.07, 6.45) is 2.57. The van der Waals surface area contributed by atoms with E-state index in [0.29, 0.717) is 33.5 Å². The van der Waals surface area contributed by atoms with Crippen LogP contribution in [0.1, 0.15) is 5.56 Å². The Hall–Kier alpha value is -3.20. The summed E-state index contributed by atoms with van der Waals surface area (Å²) in [6, 6.07) is 11.7. The Morgan fingerprint density at radius 2 is 1.81 bits per heavy atom. The SMILES string of the molecule is Cc1ccc2c(Nc3cccc(NS(C)(=O)=O)c3)nccc2c1[N+](=O)[O-]. The summed E-state index contributed by atoms with van der Waals surface area (Å²) >= 11 is 0. The Labute approximate surface area is 150 Å². The van der Waals surface area contributed by atoms with Crippen molar-refractivity contribution in [1.29, 1.82) is 0 Å². The minimum atomic E-state index is -3.39. The molecular weight excluding hydrogens is 356 g/mol. The van der Waals surface area contributed by atoms with Gasteiger partial charge in [-0.05, 0) is 37.3 Å². The first kappa shape index (κ1) is 17.6. The van der Waals surface area contributed by atoms with Crippen molar-refractivity contribution in [3.63, 3.8) is 0 Å². The number of hydrogen-bond donors (Lipinski definition) is 2. The number of sulfonamides is 1. The average Bonchev–Trinajstić information content (AvgIpc) is 2.53. The molecule has 9 heteroatoms. The van der Waals surface area contributed by atoms with Gasteiger partial charge in [0.25, 0.3) is 5.69 Å². The van der Waals surface area contributed by atoms with Crippen LogP contribution in [0.4, 0.5) is 22.9 Å². The molecule has 0 bridgehead atoms. The number of nitro benzene ring substituents is 1. The zero-order valence-corrected chi connectivity index (χ0v) is 14.9. The van der Waals surface area contributed by atoms with Crippen LogP contribution in [-0.4, -0.2) is 24.6 Å². The van der Waals surface area contributed by atoms with E-state index in [-0.39, 0.29) is 5.69 Å². The maximum Gasteiger partial charge on any atom is 0.280 e. The van der Waals surface area contributed by atoms with E-state index in [1.165, 1.54) is 6.20 Å². The zero-order chi connectivity index (χ0) is 18.9. The van der Waals surface area contributed by atoms with Crippen LogP contribution in [0.3, 0.4) is 0 Å². The Balaban J connectivity index is 2.04. The predicted molar refractivity (Wildman–Crippen MR) is 101 cm³/mol. The maximum atomic E-state index is 11.4. The molecule has 134 valence electrons. The largest absolute Gasteiger partial charge is 0.340 e. The Morgan fingerprint density at radius 1 is 1.08 bits per heavy atom. The number of nitrogens with one attached hydrogen (secondary N) is 2. The first-order valence-corrected chi connectivity index (χ1v) is 9.51. The highest BCUT2D eigenvalue weighted by molar-refractivity contribution is 7.92. The molecule has 2 aromatic carbocycles. The number of hydrogen-bond acceptors (Lipinski definition) is 6. The van der Waals surface area contributed by atoms with Crippen molar-refractivity contribution < 1.29 is 13.3 Å². The van der Waals surface area contributed by atoms with Crippen LogP contribution in [0.15, 0.2) is 48.7 Å². The molecule has 8 nitrogen and oxygen atoms in total. The molecule has 0 aliphatic heterocycles. The summed E-state index contributed by atoms with van der Waals surface area (Å²) in [4.78, 5) is 15.2. The van der Waals surface area contributed by atoms with Gasteiger partial charge in [0.2, 0.25) is 10.0 Å². The van der Waals surface area contributed by atoms with Crippen molar-refractivity contribution in [2.45, 2.75) is 6.92 Å². The van der Waals surface area contributed by atoms with E-state index < -0.39 is 14.9 Å². The fraction of sp³-hybridized carbons (Fsp3) is 0.118. The molecule has 0 aliphatic rings. The van der Waals surface area contributed by atoms with E-state index >= 15 is 0 Å². The molecule has 0 fully saturated rings. The highest BCUT2D eigenvalue weighted by Gasteiger charge is 2.17. The number of anilines is 3. The highest BCUT2D eigenvalue weighted by Crippen LogP contribution is 2.33. The lowest BCUT2D eigenvalue weighted by Crippen LogP contribution is -2.09. The van der Waals surface area contributed by atoms with Crippen molar-refractivity contribution in [1.82, 2.24) is 4.98 Å². The van der Waals surface area contributed by atoms with Gasteiger partial charge in [-0.15, -0.1) is 0 Å². The van der Waals surface area contributed by atoms with Crippen LogP contribution in [0, 0.1) is 17.0 Å². The fourth-order valence-electron chi connectivity index (χ4n) is 2.70. The molecule has 0 saturated carbocycles. The second kappa shape index (κ2) is 6.60. The van der Waals surface area contributed by atoms with Gasteiger partial charge >= 0.3 is 0 Å². The molecule has 0 unspecified atom stereocenters. The smallest absolute Gasteiger partial charge is 0.280 e. The number of aromatic nitrogens is 1. The molecule has 2 N–H and O–H groups in total. The number of fused-ring (bicyclic) bond motifs is 1. The molecular formula is C17H16N4O4S. The lowest BCUT2D eigenvalue weighted by atomic mass is 10.1. The van der Waals surface area contributed by atoms with Crippen LogP contribution >= 0.6 is 0 Å². The van der Waals surface area contributed by atoms with Gasteiger partial charge in [0.05, 0.1) is 22.3 Å². The number of pyridine rings is 1. The first-order valence-electron chi connectivity index (χ1n) is 7.62. The van der Waals surface area contributed by atoms with Crippen LogP contribution in [0.2, 0.25) is 0 Å². The predicted octanol–water partition coefficient (Wildman–Crippen LogP) is 3.57. The number of nitrogens with zero attached hydrogens (tertiary/aromatic N) is 2. The van der Waals surface area contributed by atoms with Crippen LogP contribution < -0.4 is 10.0 Å². The van der Waals surface area contributed by atoms with Crippen molar-refractivity contribution in [3.8, 4) is 0 Å². The van der Waals surface area contributed by atoms with Gasteiger partial charge in [-0.25, -0.2) is 13.4 Å². The van der Waals surface area contributed by atoms with Gasteiger partial charge in [-0.2, -0.15) is 0 Å². The van der Waals surface area contributed by atoms with E-state index in [2.05, 4.69) is 15.0 Å². The third-order valence-corrected chi connectivity index (χ3v) is 4.34. The summed E-state index contributed by atoms with van der Waals surface area (Å²) in [5, 5.41) is 15.6. The third kappa shape index (κ3) is 3.72. The molecule has 0 spiro atoms. The normalized spacial score (nSPS) is 11.3. The molecule has 3 aromatic rings. The molecule has 26 heavy (non-hydrogen) atoms. The second-order valence-electron chi connectivity index (χ2n) is 5.82. The van der Waals surface area contributed by atoms with E-state index in [9.17, 15) is 18.5 Å². The Kier molecular flexibility index (Phi) is 4.47. The zero-order valence-electron chi connectivity index (χ0n) is 14.1. The van der Waals surface area contributed by atoms with Crippen molar-refractivity contribution >= 4 is 43.7 Å². The lowest BCUT2D eigenvalue weighted by molar-refractivity contribution is -0.383. The van der Waals surface area contributed by atoms with Crippen LogP contribution in [0.5, 0.6) is 0 Å². The standard InChI is InChI=1S/C17H16N4O4S/c1-11-6-7-15-14(16(11)21(22)23)8-9-18-17(15)19-12-4-3-5-13(10-12)20-26(2,24)25/h3-10,20H,1-2H3,(H,18,19). The fourth-order valence-corrected chi connectivity index (χ4v) is 3.26. The van der Waals surface area contributed by atoms with Gasteiger partial charge in [0.15, 0.2) is 0 Å². The minimum Gasteiger partial charge on any atom is -0.340 e. The van der Waals surface area contributed by atoms with E-state index in [1.54, 1.807) is 49.4 Å². The number of rotatable bonds is 5. The van der Waals surface area contributed by atoms with Gasteiger partial charge in [0.1, 0.15) is 5.82 Å². The maximum absolute atomic E-state index is 11.4. The molecule has 1 aromatic heterocycles. The Bertz CT molecular complexity index is 1110. The highest BCUT2D eigenvalue weighted by atomic mass is 32.2. The topological polar surface area (TPSA) is 114 Å². The van der Waals surface area contributed by atoms with Crippen molar-refractivity contribution in [2.75, 3.05) is 16.3 Å². The first-order chi connectivity index (χ1) is 12.2. The molecule has 0 radical (unpaired) electrons. The molecule has 0 aliphatic carbocycles. The van der Waals surface area contributed by atoms with Gasteiger partial charge in [-0.3, -0.25) is 14.8 Å². The summed E-state index contributed by atoms with van der Waals surface area (Å²) in [6.45, 7) is 1.69. The summed E-state index contributed by atoms with van der Waals surface area (Å²) in [7, 11) is -3.39. The van der Waals surface area contributed by atoms with Crippen LogP contribution in [0.25, 0.3) is 10.8 Å². The minimum absolute atomic E-state index is 0.0421. The van der Waals surface area contributed by atoms with E-state index in [1.807, 2.05) is 0 Å². The number of aryl methyl sites for hydroxylation is 1. The summed E-state index contributed by atoms with van der Waals surface area (Å²) < 4.78 is 25.1. The molecule has 0 saturated heterocycles. The lowest BCUT2D eigenvalue weighted by Gasteiger charge is -2.11. The summed E-state index contributed by atoms with van der Waals surface area (Å²) in [5.41, 5.74) is 1.61. The quantitative estimate of drug-likeness (QED) is 0.523. The summed E-state index contributed by atoms with van der Waals surface area (Å²) in [5.74, 6) is 0.446. The van der Waals surface area contributed by atoms with Gasteiger partial charge in [0, 0.05) is 22.8 Å². The van der Waals surface area contributed by atoms with Crippen molar-refractivity contribution in [2.24, 2.45) is 0 Å². The molecule has 0 atom stereocenters. The Morgan fingerprint density at radius 3 is 2.50 bits per heavy atom. The number of benzene rings is 2. The molecule has 3 rings (SSSR count). The van der Waals surface area contributed by atoms with Crippen molar-refractivity contribution in [3.05, 3.63) is 64.3 Å². The van der Waals surface area contributed by atoms with Crippen LogP contribution in [-0.2, 0) is 10.0 Å². The third-order valence-electron chi connectivity index (χ3n) is 3.73. The second-order valence-corrected chi connectivity index (χ2v) is 7.57. The average molecular weight is 372 g/mol. The van der Waals surface area contributed by atoms with Gasteiger partial charge < -0.3 is 5.32 Å². The van der Waals surface area contributed by atoms with E-state index in [4.69, 9.17) is 0 Å². The van der Waals surface area contributed by atoms with Gasteiger partial charge in [-0.1, -0.05) is 12.1 Å². The molecule has 1 heterocycles. The monoisotopic (exact) mass is 372 g/mol. The van der Waals surface area contributed by atoms with E-state index in [0.717, 1.165) is 6.26 Å². The molecule has 0 amide bonds. The number of nitro groups is 1.